The molecular formula is C24H43N3O2. The highest BCUT2D eigenvalue weighted by molar-refractivity contribution is 5.46. The number of hydrogen-bond donors (Lipinski definition) is 0. The lowest BCUT2D eigenvalue weighted by molar-refractivity contribution is 0.0997. The minimum Gasteiger partial charge on any atom is -0.380 e. The standard InChI is InChI=1S/C18H25N3O2.3C2H6/c1-2-6-18(7-3-1)21-11-9-20(10-12-21)13-16-22-14-4-5-17-8-15-23-19-17;3*1-2/h1-3,6-8,15H,4-5,9-14,16H2;3*1-2H3. The van der Waals surface area contributed by atoms with Gasteiger partial charge in [-0.3, -0.25) is 4.90 Å². The van der Waals surface area contributed by atoms with Crippen molar-refractivity contribution in [2.24, 2.45) is 0 Å². The molecule has 0 saturated carbocycles. The van der Waals surface area contributed by atoms with Gasteiger partial charge in [0, 0.05) is 51.1 Å². The van der Waals surface area contributed by atoms with Gasteiger partial charge in [0.1, 0.15) is 6.26 Å². The minimum absolute atomic E-state index is 0.789. The third-order valence-corrected chi connectivity index (χ3v) is 4.26. The van der Waals surface area contributed by atoms with Gasteiger partial charge >= 0.3 is 0 Å². The number of hydrogen-bond acceptors (Lipinski definition) is 5. The zero-order chi connectivity index (χ0) is 21.7. The summed E-state index contributed by atoms with van der Waals surface area (Å²) in [7, 11) is 0. The average molecular weight is 406 g/mol. The molecule has 29 heavy (non-hydrogen) atoms. The van der Waals surface area contributed by atoms with Crippen LogP contribution in [0.5, 0.6) is 0 Å². The Kier molecular flexibility index (Phi) is 18.2. The van der Waals surface area contributed by atoms with Gasteiger partial charge in [-0.1, -0.05) is 64.9 Å². The monoisotopic (exact) mass is 405 g/mol. The van der Waals surface area contributed by atoms with E-state index in [-0.39, 0.29) is 0 Å². The van der Waals surface area contributed by atoms with Crippen molar-refractivity contribution >= 4 is 5.69 Å². The van der Waals surface area contributed by atoms with Crippen molar-refractivity contribution in [1.29, 1.82) is 0 Å². The van der Waals surface area contributed by atoms with Crippen LogP contribution >= 0.6 is 0 Å². The summed E-state index contributed by atoms with van der Waals surface area (Å²) in [5.41, 5.74) is 2.34. The second-order valence-electron chi connectivity index (χ2n) is 5.87. The topological polar surface area (TPSA) is 41.7 Å². The Morgan fingerprint density at radius 1 is 0.862 bits per heavy atom. The molecule has 5 heteroatoms. The van der Waals surface area contributed by atoms with E-state index >= 15 is 0 Å². The van der Waals surface area contributed by atoms with Gasteiger partial charge in [0.25, 0.3) is 0 Å². The highest BCUT2D eigenvalue weighted by atomic mass is 16.5. The highest BCUT2D eigenvalue weighted by Gasteiger charge is 2.16. The maximum absolute atomic E-state index is 5.73. The normalized spacial score (nSPS) is 13.2. The molecule has 1 aliphatic rings. The van der Waals surface area contributed by atoms with Gasteiger partial charge < -0.3 is 14.2 Å². The van der Waals surface area contributed by atoms with Gasteiger partial charge in [-0.15, -0.1) is 0 Å². The Balaban J connectivity index is 0.00000120. The summed E-state index contributed by atoms with van der Waals surface area (Å²) in [6, 6.07) is 12.6. The number of ether oxygens (including phenoxy) is 1. The predicted molar refractivity (Wildman–Crippen MR) is 125 cm³/mol. The average Bonchev–Trinajstić information content (AvgIpc) is 3.35. The van der Waals surface area contributed by atoms with E-state index in [1.165, 1.54) is 5.69 Å². The Hall–Kier alpha value is -1.85. The summed E-state index contributed by atoms with van der Waals surface area (Å²) < 4.78 is 10.5. The first-order valence-corrected chi connectivity index (χ1v) is 11.4. The largest absolute Gasteiger partial charge is 0.380 e. The summed E-state index contributed by atoms with van der Waals surface area (Å²) >= 11 is 0. The minimum atomic E-state index is 0.789. The number of benzene rings is 1. The summed E-state index contributed by atoms with van der Waals surface area (Å²) in [5.74, 6) is 0. The van der Waals surface area contributed by atoms with Crippen LogP contribution in [-0.2, 0) is 11.2 Å². The zero-order valence-corrected chi connectivity index (χ0v) is 19.6. The maximum Gasteiger partial charge on any atom is 0.124 e. The Bertz CT molecular complexity index is 539. The number of aromatic nitrogens is 1. The fraction of sp³-hybridized carbons (Fsp3) is 0.625. The van der Waals surface area contributed by atoms with E-state index in [9.17, 15) is 0 Å². The first-order chi connectivity index (χ1) is 14.4. The summed E-state index contributed by atoms with van der Waals surface area (Å²) in [4.78, 5) is 4.94. The molecule has 0 bridgehead atoms. The summed E-state index contributed by atoms with van der Waals surface area (Å²) in [6.07, 6.45) is 3.53. The van der Waals surface area contributed by atoms with Gasteiger partial charge in [0.2, 0.25) is 0 Å². The molecule has 0 amide bonds. The second kappa shape index (κ2) is 19.5. The van der Waals surface area contributed by atoms with Gasteiger partial charge in [-0.2, -0.15) is 0 Å². The molecule has 0 aliphatic carbocycles. The van der Waals surface area contributed by atoms with Crippen LogP contribution in [0.2, 0.25) is 0 Å². The van der Waals surface area contributed by atoms with Gasteiger partial charge in [0.15, 0.2) is 0 Å². The van der Waals surface area contributed by atoms with Crippen molar-refractivity contribution in [3.8, 4) is 0 Å². The second-order valence-corrected chi connectivity index (χ2v) is 5.87. The van der Waals surface area contributed by atoms with E-state index in [1.54, 1.807) is 6.26 Å². The molecule has 0 N–H and O–H groups in total. The smallest absolute Gasteiger partial charge is 0.124 e. The molecule has 2 heterocycles. The molecule has 5 nitrogen and oxygen atoms in total. The predicted octanol–water partition coefficient (Wildman–Crippen LogP) is 5.52. The molecule has 3 rings (SSSR count). The van der Waals surface area contributed by atoms with E-state index in [0.717, 1.165) is 64.5 Å². The van der Waals surface area contributed by atoms with Gasteiger partial charge in [-0.25, -0.2) is 0 Å². The SMILES string of the molecule is CC.CC.CC.c1ccc(N2CCN(CCOCCCc3ccon3)CC2)cc1. The van der Waals surface area contributed by atoms with Gasteiger partial charge in [-0.05, 0) is 25.0 Å². The van der Waals surface area contributed by atoms with Crippen molar-refractivity contribution < 1.29 is 9.26 Å². The molecular weight excluding hydrogens is 362 g/mol. The van der Waals surface area contributed by atoms with Crippen LogP contribution in [-0.4, -0.2) is 56.0 Å². The van der Waals surface area contributed by atoms with Crippen molar-refractivity contribution in [3.05, 3.63) is 48.4 Å². The molecule has 2 aromatic rings. The summed E-state index contributed by atoms with van der Waals surface area (Å²) in [6.45, 7) is 19.0. The number of piperazine rings is 1. The Labute approximate surface area is 179 Å². The Morgan fingerprint density at radius 3 is 2.10 bits per heavy atom. The first-order valence-electron chi connectivity index (χ1n) is 11.4. The fourth-order valence-corrected chi connectivity index (χ4v) is 2.89. The molecule has 1 aromatic carbocycles. The van der Waals surface area contributed by atoms with Crippen LogP contribution in [0.25, 0.3) is 0 Å². The summed E-state index contributed by atoms with van der Waals surface area (Å²) in [5, 5.41) is 3.90. The van der Waals surface area contributed by atoms with Crippen LogP contribution in [0.1, 0.15) is 53.7 Å². The fourth-order valence-electron chi connectivity index (χ4n) is 2.89. The zero-order valence-electron chi connectivity index (χ0n) is 19.6. The lowest BCUT2D eigenvalue weighted by Gasteiger charge is -2.36. The number of nitrogens with zero attached hydrogens (tertiary/aromatic N) is 3. The van der Waals surface area contributed by atoms with Crippen LogP contribution < -0.4 is 4.90 Å². The molecule has 0 radical (unpaired) electrons. The third-order valence-electron chi connectivity index (χ3n) is 4.26. The molecule has 0 spiro atoms. The Morgan fingerprint density at radius 2 is 1.52 bits per heavy atom. The van der Waals surface area contributed by atoms with Crippen molar-refractivity contribution in [3.63, 3.8) is 0 Å². The van der Waals surface area contributed by atoms with E-state index in [0.29, 0.717) is 0 Å². The van der Waals surface area contributed by atoms with Crippen LogP contribution in [0, 0.1) is 0 Å². The maximum atomic E-state index is 5.73. The van der Waals surface area contributed by atoms with Crippen molar-refractivity contribution in [2.75, 3.05) is 50.8 Å². The van der Waals surface area contributed by atoms with Crippen LogP contribution in [0.4, 0.5) is 5.69 Å². The number of aryl methyl sites for hydroxylation is 1. The number of rotatable bonds is 8. The molecule has 0 unspecified atom stereocenters. The molecule has 0 atom stereocenters. The highest BCUT2D eigenvalue weighted by Crippen LogP contribution is 2.15. The third kappa shape index (κ3) is 11.7. The molecule has 166 valence electrons. The molecule has 1 aliphatic heterocycles. The van der Waals surface area contributed by atoms with E-state index < -0.39 is 0 Å². The van der Waals surface area contributed by atoms with E-state index in [2.05, 4.69) is 45.3 Å². The first kappa shape index (κ1) is 27.1. The molecule has 1 aromatic heterocycles. The van der Waals surface area contributed by atoms with E-state index in [1.807, 2.05) is 47.6 Å². The van der Waals surface area contributed by atoms with E-state index in [4.69, 9.17) is 9.26 Å². The molecule has 1 fully saturated rings. The van der Waals surface area contributed by atoms with Crippen LogP contribution in [0.15, 0.2) is 47.2 Å². The van der Waals surface area contributed by atoms with Crippen LogP contribution in [0.3, 0.4) is 0 Å². The lowest BCUT2D eigenvalue weighted by atomic mass is 10.2. The van der Waals surface area contributed by atoms with Gasteiger partial charge in [0.05, 0.1) is 12.3 Å². The molecule has 1 saturated heterocycles. The number of anilines is 1. The van der Waals surface area contributed by atoms with Crippen molar-refractivity contribution in [2.45, 2.75) is 54.4 Å². The lowest BCUT2D eigenvalue weighted by Crippen LogP contribution is -2.47. The van der Waals surface area contributed by atoms with Crippen molar-refractivity contribution in [1.82, 2.24) is 10.1 Å². The quantitative estimate of drug-likeness (QED) is 0.541. The number of para-hydroxylation sites is 1.